The molecule has 0 fully saturated rings. The lowest BCUT2D eigenvalue weighted by atomic mass is 10.3. The van der Waals surface area contributed by atoms with Gasteiger partial charge in [0.2, 0.25) is 0 Å². The molecule has 0 spiro atoms. The number of nitrogens with zero attached hydrogens (tertiary/aromatic N) is 3. The average molecular weight is 182 g/mol. The second-order valence-corrected chi connectivity index (χ2v) is 2.28. The molecule has 0 saturated carbocycles. The Morgan fingerprint density at radius 3 is 2.62 bits per heavy atom. The summed E-state index contributed by atoms with van der Waals surface area (Å²) in [5, 5.41) is 5.17. The fourth-order valence-electron chi connectivity index (χ4n) is 0.867. The van der Waals surface area contributed by atoms with E-state index in [1.165, 1.54) is 6.07 Å². The van der Waals surface area contributed by atoms with E-state index < -0.39 is 5.69 Å². The molecule has 0 radical (unpaired) electrons. The normalized spacial score (nSPS) is 9.54. The number of aromatic nitrogens is 2. The SMILES string of the molecule is O=NCc1cc(CN=O)[nH]c(=O)n1. The fraction of sp³-hybridized carbons (Fsp3) is 0.333. The zero-order chi connectivity index (χ0) is 9.68. The van der Waals surface area contributed by atoms with Crippen molar-refractivity contribution < 1.29 is 0 Å². The molecule has 0 bridgehead atoms. The molecule has 0 aromatic carbocycles. The zero-order valence-corrected chi connectivity index (χ0v) is 6.56. The highest BCUT2D eigenvalue weighted by atomic mass is 16.3. The van der Waals surface area contributed by atoms with Gasteiger partial charge in [-0.05, 0) is 6.07 Å². The van der Waals surface area contributed by atoms with E-state index in [0.29, 0.717) is 5.69 Å². The quantitative estimate of drug-likeness (QED) is 0.676. The third-order valence-corrected chi connectivity index (χ3v) is 1.31. The number of hydrogen-bond acceptors (Lipinski definition) is 6. The van der Waals surface area contributed by atoms with E-state index in [1.807, 2.05) is 0 Å². The Labute approximate surface area is 72.2 Å². The minimum Gasteiger partial charge on any atom is -0.308 e. The van der Waals surface area contributed by atoms with Crippen molar-refractivity contribution in [3.8, 4) is 0 Å². The molecule has 1 aromatic heterocycles. The highest BCUT2D eigenvalue weighted by Gasteiger charge is 2.00. The molecule has 0 amide bonds. The third kappa shape index (κ3) is 2.55. The van der Waals surface area contributed by atoms with Crippen LogP contribution in [0.4, 0.5) is 0 Å². The second kappa shape index (κ2) is 4.19. The van der Waals surface area contributed by atoms with Crippen molar-refractivity contribution in [1.29, 1.82) is 0 Å². The van der Waals surface area contributed by atoms with E-state index in [4.69, 9.17) is 0 Å². The molecule has 0 atom stereocenters. The van der Waals surface area contributed by atoms with Gasteiger partial charge in [-0.1, -0.05) is 10.4 Å². The molecule has 1 heterocycles. The van der Waals surface area contributed by atoms with Crippen LogP contribution in [0.5, 0.6) is 0 Å². The van der Waals surface area contributed by atoms with Crippen molar-refractivity contribution in [2.24, 2.45) is 10.4 Å². The van der Waals surface area contributed by atoms with E-state index in [9.17, 15) is 14.6 Å². The summed E-state index contributed by atoms with van der Waals surface area (Å²) in [5.74, 6) is 0. The van der Waals surface area contributed by atoms with Crippen LogP contribution in [0.3, 0.4) is 0 Å². The summed E-state index contributed by atoms with van der Waals surface area (Å²) in [6.07, 6.45) is 0. The van der Waals surface area contributed by atoms with Gasteiger partial charge in [0.05, 0.1) is 5.69 Å². The van der Waals surface area contributed by atoms with Gasteiger partial charge in [0.1, 0.15) is 13.1 Å². The Hall–Kier alpha value is -1.92. The summed E-state index contributed by atoms with van der Waals surface area (Å²) in [6, 6.07) is 1.41. The van der Waals surface area contributed by atoms with Crippen molar-refractivity contribution in [3.63, 3.8) is 0 Å². The number of H-pyrrole nitrogens is 1. The molecule has 1 aromatic rings. The van der Waals surface area contributed by atoms with Gasteiger partial charge < -0.3 is 4.98 Å². The van der Waals surface area contributed by atoms with Crippen LogP contribution in [0.25, 0.3) is 0 Å². The summed E-state index contributed by atoms with van der Waals surface area (Å²) < 4.78 is 0. The highest BCUT2D eigenvalue weighted by Crippen LogP contribution is 1.98. The van der Waals surface area contributed by atoms with Gasteiger partial charge in [-0.15, -0.1) is 0 Å². The van der Waals surface area contributed by atoms with Crippen molar-refractivity contribution >= 4 is 0 Å². The standard InChI is InChI=1S/C6H6N4O3/c11-6-9-4(2-7-12)1-5(10-6)3-8-13/h1H,2-3H2,(H,9,10,11). The molecule has 0 saturated heterocycles. The first-order chi connectivity index (χ1) is 6.26. The number of aromatic amines is 1. The molecular weight excluding hydrogens is 176 g/mol. The maximum Gasteiger partial charge on any atom is 0.345 e. The Kier molecular flexibility index (Phi) is 2.96. The van der Waals surface area contributed by atoms with Gasteiger partial charge in [-0.2, -0.15) is 14.8 Å². The molecule has 68 valence electrons. The van der Waals surface area contributed by atoms with Gasteiger partial charge in [0.15, 0.2) is 0 Å². The molecule has 13 heavy (non-hydrogen) atoms. The van der Waals surface area contributed by atoms with Gasteiger partial charge in [-0.25, -0.2) is 4.79 Å². The minimum absolute atomic E-state index is 0.149. The Balaban J connectivity index is 3.02. The van der Waals surface area contributed by atoms with Crippen LogP contribution in [0.2, 0.25) is 0 Å². The lowest BCUT2D eigenvalue weighted by molar-refractivity contribution is 0.869. The number of hydrogen-bond donors (Lipinski definition) is 1. The molecule has 0 unspecified atom stereocenters. The topological polar surface area (TPSA) is 105 Å². The van der Waals surface area contributed by atoms with E-state index in [0.717, 1.165) is 0 Å². The van der Waals surface area contributed by atoms with Crippen LogP contribution in [0.15, 0.2) is 21.2 Å². The summed E-state index contributed by atoms with van der Waals surface area (Å²) in [7, 11) is 0. The minimum atomic E-state index is -0.611. The van der Waals surface area contributed by atoms with Crippen LogP contribution in [0, 0.1) is 9.81 Å². The molecule has 7 heteroatoms. The Morgan fingerprint density at radius 1 is 1.31 bits per heavy atom. The molecule has 0 aliphatic rings. The molecule has 0 aliphatic carbocycles. The smallest absolute Gasteiger partial charge is 0.308 e. The molecular formula is C6H6N4O3. The van der Waals surface area contributed by atoms with E-state index in [1.54, 1.807) is 0 Å². The monoisotopic (exact) mass is 182 g/mol. The Bertz CT molecular complexity index is 341. The molecule has 1 rings (SSSR count). The van der Waals surface area contributed by atoms with Crippen LogP contribution in [-0.2, 0) is 13.1 Å². The molecule has 7 nitrogen and oxygen atoms in total. The van der Waals surface area contributed by atoms with E-state index >= 15 is 0 Å². The largest absolute Gasteiger partial charge is 0.345 e. The first kappa shape index (κ1) is 9.17. The van der Waals surface area contributed by atoms with Gasteiger partial charge in [0.25, 0.3) is 0 Å². The maximum atomic E-state index is 10.8. The molecule has 1 N–H and O–H groups in total. The summed E-state index contributed by atoms with van der Waals surface area (Å²) in [4.78, 5) is 36.3. The summed E-state index contributed by atoms with van der Waals surface area (Å²) in [5.41, 5.74) is -0.0501. The number of rotatable bonds is 4. The summed E-state index contributed by atoms with van der Waals surface area (Å²) >= 11 is 0. The maximum absolute atomic E-state index is 10.8. The first-order valence-corrected chi connectivity index (χ1v) is 3.43. The van der Waals surface area contributed by atoms with Crippen molar-refractivity contribution in [3.05, 3.63) is 37.8 Å². The van der Waals surface area contributed by atoms with Crippen LogP contribution in [0.1, 0.15) is 11.4 Å². The Morgan fingerprint density at radius 2 is 2.00 bits per heavy atom. The average Bonchev–Trinajstić information content (AvgIpc) is 2.04. The zero-order valence-electron chi connectivity index (χ0n) is 6.56. The second-order valence-electron chi connectivity index (χ2n) is 2.28. The predicted octanol–water partition coefficient (Wildman–Crippen LogP) is 0.303. The van der Waals surface area contributed by atoms with Gasteiger partial charge in [0, 0.05) is 5.69 Å². The van der Waals surface area contributed by atoms with Crippen LogP contribution >= 0.6 is 0 Å². The fourth-order valence-corrected chi connectivity index (χ4v) is 0.867. The predicted molar refractivity (Wildman–Crippen MR) is 43.9 cm³/mol. The number of nitrogens with one attached hydrogen (secondary N) is 1. The highest BCUT2D eigenvalue weighted by molar-refractivity contribution is 5.08. The first-order valence-electron chi connectivity index (χ1n) is 3.43. The van der Waals surface area contributed by atoms with Crippen molar-refractivity contribution in [2.75, 3.05) is 0 Å². The van der Waals surface area contributed by atoms with Crippen molar-refractivity contribution in [2.45, 2.75) is 13.1 Å². The van der Waals surface area contributed by atoms with Gasteiger partial charge in [-0.3, -0.25) is 0 Å². The van der Waals surface area contributed by atoms with E-state index in [-0.39, 0.29) is 18.8 Å². The van der Waals surface area contributed by atoms with Crippen molar-refractivity contribution in [1.82, 2.24) is 9.97 Å². The lowest BCUT2D eigenvalue weighted by Crippen LogP contribution is -2.14. The van der Waals surface area contributed by atoms with Crippen LogP contribution in [-0.4, -0.2) is 9.97 Å². The van der Waals surface area contributed by atoms with Crippen LogP contribution < -0.4 is 5.69 Å². The third-order valence-electron chi connectivity index (χ3n) is 1.31. The molecule has 0 aliphatic heterocycles. The van der Waals surface area contributed by atoms with Gasteiger partial charge >= 0.3 is 5.69 Å². The lowest BCUT2D eigenvalue weighted by Gasteiger charge is -1.95. The van der Waals surface area contributed by atoms with E-state index in [2.05, 4.69) is 20.3 Å². The number of nitroso groups, excluding NO2 is 2. The summed E-state index contributed by atoms with van der Waals surface area (Å²) in [6.45, 7) is -0.334.